The average Bonchev–Trinajstić information content (AvgIpc) is 3.12. The molecule has 3 heterocycles. The van der Waals surface area contributed by atoms with Gasteiger partial charge < -0.3 is 0 Å². The van der Waals surface area contributed by atoms with E-state index in [1.807, 2.05) is 24.3 Å². The Morgan fingerprint density at radius 2 is 1.76 bits per heavy atom. The summed E-state index contributed by atoms with van der Waals surface area (Å²) in [7, 11) is 0. The second kappa shape index (κ2) is 6.33. The maximum Gasteiger partial charge on any atom is 0.209 e. The molecule has 0 N–H and O–H groups in total. The molecule has 122 valence electrons. The zero-order valence-electron chi connectivity index (χ0n) is 13.0. The lowest BCUT2D eigenvalue weighted by Crippen LogP contribution is -2.14. The molecule has 4 rings (SSSR count). The quantitative estimate of drug-likeness (QED) is 0.570. The first kappa shape index (κ1) is 15.3. The normalized spacial score (nSPS) is 10.8. The van der Waals surface area contributed by atoms with Crippen molar-refractivity contribution >= 4 is 11.6 Å². The van der Waals surface area contributed by atoms with Crippen molar-refractivity contribution in [2.75, 3.05) is 0 Å². The van der Waals surface area contributed by atoms with Crippen molar-refractivity contribution in [1.82, 2.24) is 24.5 Å². The molecule has 0 amide bonds. The molecule has 0 radical (unpaired) electrons. The minimum absolute atomic E-state index is 0.186. The minimum Gasteiger partial charge on any atom is -0.287 e. The maximum atomic E-state index is 12.4. The largest absolute Gasteiger partial charge is 0.287 e. The standard InChI is InChI=1S/C18H12ClN5O/c19-13-2-1-3-15(12-13)24-16(6-10-21-24)18-17(25)7-11-23(22-18)14-4-8-20-9-5-14/h1-12H. The molecular formula is C18H12ClN5O. The molecule has 0 spiro atoms. The Kier molecular flexibility index (Phi) is 3.87. The zero-order valence-corrected chi connectivity index (χ0v) is 13.7. The van der Waals surface area contributed by atoms with Gasteiger partial charge in [0.15, 0.2) is 5.69 Å². The van der Waals surface area contributed by atoms with Crippen molar-refractivity contribution in [1.29, 1.82) is 0 Å². The zero-order chi connectivity index (χ0) is 17.2. The first-order valence-electron chi connectivity index (χ1n) is 7.53. The smallest absolute Gasteiger partial charge is 0.209 e. The highest BCUT2D eigenvalue weighted by Crippen LogP contribution is 2.20. The second-order valence-corrected chi connectivity index (χ2v) is 5.72. The van der Waals surface area contributed by atoms with E-state index < -0.39 is 0 Å². The van der Waals surface area contributed by atoms with Crippen LogP contribution < -0.4 is 5.43 Å². The van der Waals surface area contributed by atoms with Gasteiger partial charge >= 0.3 is 0 Å². The predicted octanol–water partition coefficient (Wildman–Crippen LogP) is 3.13. The van der Waals surface area contributed by atoms with Crippen LogP contribution in [0.5, 0.6) is 0 Å². The van der Waals surface area contributed by atoms with E-state index in [9.17, 15) is 4.79 Å². The van der Waals surface area contributed by atoms with Crippen molar-refractivity contribution in [3.8, 4) is 22.8 Å². The molecule has 0 saturated carbocycles. The van der Waals surface area contributed by atoms with Crippen molar-refractivity contribution < 1.29 is 0 Å². The third-order valence-corrected chi connectivity index (χ3v) is 3.91. The van der Waals surface area contributed by atoms with Crippen LogP contribution in [0.2, 0.25) is 5.02 Å². The van der Waals surface area contributed by atoms with E-state index in [0.29, 0.717) is 16.4 Å². The number of hydrogen-bond donors (Lipinski definition) is 0. The maximum absolute atomic E-state index is 12.4. The van der Waals surface area contributed by atoms with Crippen molar-refractivity contribution in [2.45, 2.75) is 0 Å². The highest BCUT2D eigenvalue weighted by Gasteiger charge is 2.13. The molecule has 6 nitrogen and oxygen atoms in total. The van der Waals surface area contributed by atoms with Crippen LogP contribution in [0.15, 0.2) is 78.1 Å². The average molecular weight is 350 g/mol. The van der Waals surface area contributed by atoms with Gasteiger partial charge in [0, 0.05) is 29.7 Å². The van der Waals surface area contributed by atoms with Crippen molar-refractivity contribution in [3.63, 3.8) is 0 Å². The van der Waals surface area contributed by atoms with Gasteiger partial charge in [0.2, 0.25) is 5.43 Å². The van der Waals surface area contributed by atoms with Gasteiger partial charge in [0.05, 0.1) is 23.3 Å². The van der Waals surface area contributed by atoms with Gasteiger partial charge in [-0.25, -0.2) is 9.36 Å². The van der Waals surface area contributed by atoms with Crippen LogP contribution in [0.3, 0.4) is 0 Å². The van der Waals surface area contributed by atoms with Crippen LogP contribution in [-0.4, -0.2) is 24.5 Å². The number of pyridine rings is 1. The van der Waals surface area contributed by atoms with Crippen LogP contribution in [0.4, 0.5) is 0 Å². The fourth-order valence-electron chi connectivity index (χ4n) is 2.52. The number of hydrogen-bond acceptors (Lipinski definition) is 4. The van der Waals surface area contributed by atoms with Crippen LogP contribution >= 0.6 is 11.6 Å². The molecule has 0 saturated heterocycles. The van der Waals surface area contributed by atoms with E-state index in [0.717, 1.165) is 11.4 Å². The molecule has 25 heavy (non-hydrogen) atoms. The first-order valence-corrected chi connectivity index (χ1v) is 7.91. The van der Waals surface area contributed by atoms with Gasteiger partial charge in [0.25, 0.3) is 0 Å². The summed E-state index contributed by atoms with van der Waals surface area (Å²) in [5.41, 5.74) is 2.28. The molecule has 0 aliphatic rings. The summed E-state index contributed by atoms with van der Waals surface area (Å²) >= 11 is 6.07. The molecule has 0 unspecified atom stereocenters. The molecule has 0 fully saturated rings. The lowest BCUT2D eigenvalue weighted by Gasteiger charge is -2.09. The Balaban J connectivity index is 1.87. The molecule has 0 aliphatic carbocycles. The Labute approximate surface area is 148 Å². The molecule has 7 heteroatoms. The predicted molar refractivity (Wildman–Crippen MR) is 95.2 cm³/mol. The van der Waals surface area contributed by atoms with E-state index in [2.05, 4.69) is 15.2 Å². The molecule has 3 aromatic heterocycles. The Morgan fingerprint density at radius 3 is 2.56 bits per heavy atom. The molecule has 1 aromatic carbocycles. The summed E-state index contributed by atoms with van der Waals surface area (Å²) in [4.78, 5) is 16.4. The lowest BCUT2D eigenvalue weighted by molar-refractivity contribution is 0.821. The number of halogens is 1. The Hall–Kier alpha value is -3.25. The molecule has 0 bridgehead atoms. The molecule has 0 aliphatic heterocycles. The van der Waals surface area contributed by atoms with Gasteiger partial charge in [-0.2, -0.15) is 10.2 Å². The van der Waals surface area contributed by atoms with Crippen LogP contribution in [0.1, 0.15) is 0 Å². The van der Waals surface area contributed by atoms with E-state index in [1.165, 1.54) is 6.07 Å². The second-order valence-electron chi connectivity index (χ2n) is 5.29. The fourth-order valence-corrected chi connectivity index (χ4v) is 2.71. The number of benzene rings is 1. The Morgan fingerprint density at radius 1 is 0.920 bits per heavy atom. The molecular weight excluding hydrogens is 338 g/mol. The minimum atomic E-state index is -0.186. The van der Waals surface area contributed by atoms with Gasteiger partial charge in [-0.3, -0.25) is 9.78 Å². The van der Waals surface area contributed by atoms with E-state index in [1.54, 1.807) is 52.4 Å². The van der Waals surface area contributed by atoms with Crippen LogP contribution in [0, 0.1) is 0 Å². The summed E-state index contributed by atoms with van der Waals surface area (Å²) in [5.74, 6) is 0. The van der Waals surface area contributed by atoms with E-state index >= 15 is 0 Å². The topological polar surface area (TPSA) is 65.6 Å². The van der Waals surface area contributed by atoms with Crippen LogP contribution in [0.25, 0.3) is 22.8 Å². The lowest BCUT2D eigenvalue weighted by atomic mass is 10.2. The van der Waals surface area contributed by atoms with E-state index in [-0.39, 0.29) is 5.43 Å². The van der Waals surface area contributed by atoms with E-state index in [4.69, 9.17) is 11.6 Å². The third kappa shape index (κ3) is 2.95. The number of nitrogens with zero attached hydrogens (tertiary/aromatic N) is 5. The van der Waals surface area contributed by atoms with Crippen LogP contribution in [-0.2, 0) is 0 Å². The third-order valence-electron chi connectivity index (χ3n) is 3.67. The summed E-state index contributed by atoms with van der Waals surface area (Å²) in [6.45, 7) is 0. The fraction of sp³-hybridized carbons (Fsp3) is 0. The van der Waals surface area contributed by atoms with Gasteiger partial charge in [0.1, 0.15) is 0 Å². The first-order chi connectivity index (χ1) is 12.2. The van der Waals surface area contributed by atoms with Gasteiger partial charge in [-0.05, 0) is 36.4 Å². The summed E-state index contributed by atoms with van der Waals surface area (Å²) in [6, 6.07) is 14.1. The summed E-state index contributed by atoms with van der Waals surface area (Å²) < 4.78 is 3.28. The van der Waals surface area contributed by atoms with Crippen molar-refractivity contribution in [2.24, 2.45) is 0 Å². The van der Waals surface area contributed by atoms with Gasteiger partial charge in [-0.15, -0.1) is 0 Å². The SMILES string of the molecule is O=c1ccn(-c2ccncc2)nc1-c1ccnn1-c1cccc(Cl)c1. The Bertz CT molecular complexity index is 1090. The van der Waals surface area contributed by atoms with Crippen molar-refractivity contribution in [3.05, 3.63) is 88.6 Å². The highest BCUT2D eigenvalue weighted by molar-refractivity contribution is 6.30. The summed E-state index contributed by atoms with van der Waals surface area (Å²) in [6.07, 6.45) is 6.60. The van der Waals surface area contributed by atoms with Gasteiger partial charge in [-0.1, -0.05) is 17.7 Å². The monoisotopic (exact) mass is 349 g/mol. The number of aromatic nitrogens is 5. The molecule has 4 aromatic rings. The molecule has 0 atom stereocenters. The highest BCUT2D eigenvalue weighted by atomic mass is 35.5. The number of rotatable bonds is 3. The summed E-state index contributed by atoms with van der Waals surface area (Å²) in [5, 5.41) is 9.38.